The molecule has 20 heavy (non-hydrogen) atoms. The number of hydrogen-bond acceptors (Lipinski definition) is 3. The van der Waals surface area contributed by atoms with E-state index in [1.54, 1.807) is 0 Å². The van der Waals surface area contributed by atoms with Crippen molar-refractivity contribution >= 4 is 5.91 Å². The van der Waals surface area contributed by atoms with Gasteiger partial charge in [0.1, 0.15) is 5.75 Å². The van der Waals surface area contributed by atoms with Crippen molar-refractivity contribution in [3.63, 3.8) is 0 Å². The first-order valence-electron chi connectivity index (χ1n) is 7.26. The van der Waals surface area contributed by atoms with Crippen molar-refractivity contribution in [2.75, 3.05) is 26.2 Å². The van der Waals surface area contributed by atoms with Crippen LogP contribution in [0, 0.1) is 5.41 Å². The lowest BCUT2D eigenvalue weighted by Crippen LogP contribution is -2.36. The van der Waals surface area contributed by atoms with Gasteiger partial charge in [-0.1, -0.05) is 32.0 Å². The van der Waals surface area contributed by atoms with E-state index >= 15 is 0 Å². The Bertz CT molecular complexity index is 475. The smallest absolute Gasteiger partial charge is 0.260 e. The van der Waals surface area contributed by atoms with E-state index in [1.165, 1.54) is 0 Å². The Labute approximate surface area is 120 Å². The second-order valence-electron chi connectivity index (χ2n) is 5.83. The molecule has 1 aliphatic rings. The van der Waals surface area contributed by atoms with Gasteiger partial charge in [-0.25, -0.2) is 0 Å². The molecule has 110 valence electrons. The first kappa shape index (κ1) is 14.9. The molecule has 1 aromatic rings. The van der Waals surface area contributed by atoms with Crippen LogP contribution in [0.25, 0.3) is 0 Å². The molecule has 1 aromatic carbocycles. The van der Waals surface area contributed by atoms with E-state index in [-0.39, 0.29) is 17.9 Å². The van der Waals surface area contributed by atoms with E-state index < -0.39 is 0 Å². The van der Waals surface area contributed by atoms with Crippen molar-refractivity contribution in [1.29, 1.82) is 0 Å². The molecule has 1 heterocycles. The Kier molecular flexibility index (Phi) is 4.65. The fourth-order valence-corrected chi connectivity index (χ4v) is 2.57. The molecule has 1 fully saturated rings. The van der Waals surface area contributed by atoms with Gasteiger partial charge in [0.2, 0.25) is 0 Å². The van der Waals surface area contributed by atoms with E-state index in [1.807, 2.05) is 29.2 Å². The van der Waals surface area contributed by atoms with Gasteiger partial charge in [0.05, 0.1) is 0 Å². The Morgan fingerprint density at radius 3 is 2.85 bits per heavy atom. The predicted octanol–water partition coefficient (Wildman–Crippen LogP) is 1.83. The number of nitrogens with zero attached hydrogens (tertiary/aromatic N) is 1. The minimum Gasteiger partial charge on any atom is -0.483 e. The summed E-state index contributed by atoms with van der Waals surface area (Å²) < 4.78 is 5.68. The summed E-state index contributed by atoms with van der Waals surface area (Å²) in [5, 5.41) is 0. The van der Waals surface area contributed by atoms with Crippen molar-refractivity contribution in [1.82, 2.24) is 4.90 Å². The van der Waals surface area contributed by atoms with Gasteiger partial charge in [-0.05, 0) is 36.4 Å². The molecular weight excluding hydrogens is 252 g/mol. The Balaban J connectivity index is 1.90. The fraction of sp³-hybridized carbons (Fsp3) is 0.562. The van der Waals surface area contributed by atoms with Gasteiger partial charge in [0, 0.05) is 13.1 Å². The van der Waals surface area contributed by atoms with Crippen molar-refractivity contribution in [2.45, 2.75) is 26.7 Å². The summed E-state index contributed by atoms with van der Waals surface area (Å²) in [7, 11) is 0. The van der Waals surface area contributed by atoms with Crippen molar-refractivity contribution in [3.8, 4) is 5.75 Å². The highest BCUT2D eigenvalue weighted by Gasteiger charge is 2.34. The van der Waals surface area contributed by atoms with Crippen LogP contribution in [0.5, 0.6) is 5.75 Å². The molecule has 1 amide bonds. The lowest BCUT2D eigenvalue weighted by molar-refractivity contribution is -0.132. The third-order valence-corrected chi connectivity index (χ3v) is 4.11. The topological polar surface area (TPSA) is 55.6 Å². The number of benzene rings is 1. The van der Waals surface area contributed by atoms with E-state index in [0.29, 0.717) is 6.54 Å². The van der Waals surface area contributed by atoms with Gasteiger partial charge in [0.25, 0.3) is 5.91 Å². The summed E-state index contributed by atoms with van der Waals surface area (Å²) in [6.45, 7) is 6.46. The quantitative estimate of drug-likeness (QED) is 0.892. The lowest BCUT2D eigenvalue weighted by Gasteiger charge is -2.22. The van der Waals surface area contributed by atoms with Gasteiger partial charge in [-0.2, -0.15) is 0 Å². The average molecular weight is 276 g/mol. The van der Waals surface area contributed by atoms with Gasteiger partial charge >= 0.3 is 0 Å². The van der Waals surface area contributed by atoms with Crippen LogP contribution in [0.3, 0.4) is 0 Å². The molecule has 0 aliphatic carbocycles. The highest BCUT2D eigenvalue weighted by molar-refractivity contribution is 5.78. The Hall–Kier alpha value is -1.55. The van der Waals surface area contributed by atoms with Gasteiger partial charge in [-0.3, -0.25) is 4.79 Å². The summed E-state index contributed by atoms with van der Waals surface area (Å²) in [5.41, 5.74) is 6.96. The molecule has 2 rings (SSSR count). The van der Waals surface area contributed by atoms with Gasteiger partial charge in [0.15, 0.2) is 6.61 Å². The maximum atomic E-state index is 12.2. The number of carbonyl (C=O) groups excluding carboxylic acids is 1. The molecule has 1 aliphatic heterocycles. The van der Waals surface area contributed by atoms with E-state index in [2.05, 4.69) is 13.8 Å². The van der Waals surface area contributed by atoms with Crippen LogP contribution in [0.2, 0.25) is 0 Å². The first-order chi connectivity index (χ1) is 9.58. The lowest BCUT2D eigenvalue weighted by atomic mass is 9.90. The fourth-order valence-electron chi connectivity index (χ4n) is 2.57. The highest BCUT2D eigenvalue weighted by atomic mass is 16.5. The largest absolute Gasteiger partial charge is 0.483 e. The van der Waals surface area contributed by atoms with E-state index in [9.17, 15) is 4.79 Å². The number of ether oxygens (including phenoxy) is 1. The maximum Gasteiger partial charge on any atom is 0.260 e. The molecule has 4 heteroatoms. The minimum absolute atomic E-state index is 0.0491. The number of likely N-dealkylation sites (tertiary alicyclic amines) is 1. The average Bonchev–Trinajstić information content (AvgIpc) is 2.88. The molecule has 2 N–H and O–H groups in total. The Morgan fingerprint density at radius 2 is 2.20 bits per heavy atom. The number of rotatable bonds is 5. The summed E-state index contributed by atoms with van der Waals surface area (Å²) >= 11 is 0. The van der Waals surface area contributed by atoms with Crippen molar-refractivity contribution in [2.24, 2.45) is 11.1 Å². The normalized spacial score (nSPS) is 22.1. The zero-order valence-corrected chi connectivity index (χ0v) is 12.4. The molecule has 0 bridgehead atoms. The summed E-state index contributed by atoms with van der Waals surface area (Å²) in [6, 6.07) is 7.86. The van der Waals surface area contributed by atoms with Crippen LogP contribution in [0.4, 0.5) is 0 Å². The second kappa shape index (κ2) is 6.27. The minimum atomic E-state index is 0.0491. The third kappa shape index (κ3) is 3.31. The SMILES string of the molecule is CCc1ccccc1OCC(=O)N1CCC(C)(CN)C1. The summed E-state index contributed by atoms with van der Waals surface area (Å²) in [6.07, 6.45) is 1.88. The molecule has 1 unspecified atom stereocenters. The van der Waals surface area contributed by atoms with Crippen LogP contribution in [0.15, 0.2) is 24.3 Å². The predicted molar refractivity (Wildman–Crippen MR) is 79.7 cm³/mol. The number of para-hydroxylation sites is 1. The number of aryl methyl sites for hydroxylation is 1. The van der Waals surface area contributed by atoms with Crippen LogP contribution in [0.1, 0.15) is 25.8 Å². The molecule has 0 spiro atoms. The zero-order valence-electron chi connectivity index (χ0n) is 12.4. The van der Waals surface area contributed by atoms with Crippen LogP contribution < -0.4 is 10.5 Å². The molecule has 1 atom stereocenters. The standard InChI is InChI=1S/C16H24N2O2/c1-3-13-6-4-5-7-14(13)20-10-15(19)18-9-8-16(2,11-17)12-18/h4-7H,3,8-12,17H2,1-2H3. The second-order valence-corrected chi connectivity index (χ2v) is 5.83. The van der Waals surface area contributed by atoms with E-state index in [0.717, 1.165) is 37.2 Å². The van der Waals surface area contributed by atoms with Crippen LogP contribution >= 0.6 is 0 Å². The zero-order chi connectivity index (χ0) is 14.6. The first-order valence-corrected chi connectivity index (χ1v) is 7.26. The Morgan fingerprint density at radius 1 is 1.45 bits per heavy atom. The molecule has 4 nitrogen and oxygen atoms in total. The van der Waals surface area contributed by atoms with Crippen LogP contribution in [-0.4, -0.2) is 37.0 Å². The third-order valence-electron chi connectivity index (χ3n) is 4.11. The molecule has 1 saturated heterocycles. The molecule has 0 radical (unpaired) electrons. The van der Waals surface area contributed by atoms with Crippen LogP contribution in [-0.2, 0) is 11.2 Å². The number of nitrogens with two attached hydrogens (primary N) is 1. The van der Waals surface area contributed by atoms with E-state index in [4.69, 9.17) is 10.5 Å². The molecule has 0 aromatic heterocycles. The number of hydrogen-bond donors (Lipinski definition) is 1. The van der Waals surface area contributed by atoms with Crippen molar-refractivity contribution < 1.29 is 9.53 Å². The summed E-state index contributed by atoms with van der Waals surface area (Å²) in [5.74, 6) is 0.859. The molecule has 0 saturated carbocycles. The van der Waals surface area contributed by atoms with Gasteiger partial charge in [-0.15, -0.1) is 0 Å². The number of carbonyl (C=O) groups is 1. The maximum absolute atomic E-state index is 12.2. The monoisotopic (exact) mass is 276 g/mol. The van der Waals surface area contributed by atoms with Gasteiger partial charge < -0.3 is 15.4 Å². The van der Waals surface area contributed by atoms with Crippen molar-refractivity contribution in [3.05, 3.63) is 29.8 Å². The highest BCUT2D eigenvalue weighted by Crippen LogP contribution is 2.28. The molecular formula is C16H24N2O2. The summed E-state index contributed by atoms with van der Waals surface area (Å²) in [4.78, 5) is 14.0. The number of amides is 1.